The minimum Gasteiger partial charge on any atom is -0.479 e. The van der Waals surface area contributed by atoms with Gasteiger partial charge in [-0.15, -0.1) is 0 Å². The standard InChI is InChI=1S/C9H9IO3/c1-6(9(11)12)13-8-5-3-2-4-7(8)10/h2-6H,1H3,(H,11,12). The van der Waals surface area contributed by atoms with Crippen LogP contribution in [0.2, 0.25) is 0 Å². The molecule has 0 aliphatic carbocycles. The van der Waals surface area contributed by atoms with Crippen molar-refractivity contribution < 1.29 is 14.6 Å². The summed E-state index contributed by atoms with van der Waals surface area (Å²) in [5, 5.41) is 8.61. The van der Waals surface area contributed by atoms with Gasteiger partial charge in [0.1, 0.15) is 5.75 Å². The molecule has 0 aromatic heterocycles. The lowest BCUT2D eigenvalue weighted by Gasteiger charge is -2.11. The molecule has 1 aromatic rings. The van der Waals surface area contributed by atoms with Gasteiger partial charge in [-0.05, 0) is 41.6 Å². The predicted molar refractivity (Wildman–Crippen MR) is 56.9 cm³/mol. The van der Waals surface area contributed by atoms with E-state index in [0.717, 1.165) is 3.57 Å². The molecule has 13 heavy (non-hydrogen) atoms. The van der Waals surface area contributed by atoms with Gasteiger partial charge in [0.05, 0.1) is 3.57 Å². The Morgan fingerprint density at radius 3 is 2.69 bits per heavy atom. The Morgan fingerprint density at radius 2 is 2.15 bits per heavy atom. The summed E-state index contributed by atoms with van der Waals surface area (Å²) in [5.74, 6) is -0.349. The van der Waals surface area contributed by atoms with Crippen molar-refractivity contribution in [1.82, 2.24) is 0 Å². The van der Waals surface area contributed by atoms with Crippen LogP contribution >= 0.6 is 22.6 Å². The number of benzene rings is 1. The number of carbonyl (C=O) groups is 1. The fourth-order valence-electron chi connectivity index (χ4n) is 0.781. The van der Waals surface area contributed by atoms with E-state index in [4.69, 9.17) is 9.84 Å². The van der Waals surface area contributed by atoms with E-state index in [0.29, 0.717) is 5.75 Å². The predicted octanol–water partition coefficient (Wildman–Crippen LogP) is 2.14. The van der Waals surface area contributed by atoms with E-state index < -0.39 is 12.1 Å². The summed E-state index contributed by atoms with van der Waals surface area (Å²) in [6, 6.07) is 7.30. The monoisotopic (exact) mass is 292 g/mol. The van der Waals surface area contributed by atoms with Gasteiger partial charge in [0.2, 0.25) is 0 Å². The molecule has 0 aliphatic rings. The summed E-state index contributed by atoms with van der Waals surface area (Å²) in [6.07, 6.45) is -0.809. The third-order valence-corrected chi connectivity index (χ3v) is 2.38. The van der Waals surface area contributed by atoms with Crippen molar-refractivity contribution in [3.63, 3.8) is 0 Å². The number of hydrogen-bond donors (Lipinski definition) is 1. The van der Waals surface area contributed by atoms with Crippen LogP contribution in [-0.2, 0) is 4.79 Å². The number of carboxylic acids is 1. The van der Waals surface area contributed by atoms with E-state index in [1.165, 1.54) is 6.92 Å². The molecule has 0 radical (unpaired) electrons. The molecular weight excluding hydrogens is 283 g/mol. The largest absolute Gasteiger partial charge is 0.479 e. The lowest BCUT2D eigenvalue weighted by molar-refractivity contribution is -0.144. The van der Waals surface area contributed by atoms with Crippen LogP contribution in [0, 0.1) is 3.57 Å². The highest BCUT2D eigenvalue weighted by molar-refractivity contribution is 14.1. The van der Waals surface area contributed by atoms with E-state index in [1.54, 1.807) is 6.07 Å². The number of rotatable bonds is 3. The van der Waals surface area contributed by atoms with Gasteiger partial charge in [-0.2, -0.15) is 0 Å². The maximum atomic E-state index is 10.5. The fraction of sp³-hybridized carbons (Fsp3) is 0.222. The molecule has 0 heterocycles. The van der Waals surface area contributed by atoms with Crippen LogP contribution in [0.25, 0.3) is 0 Å². The average molecular weight is 292 g/mol. The van der Waals surface area contributed by atoms with Gasteiger partial charge < -0.3 is 9.84 Å². The first-order valence-corrected chi connectivity index (χ1v) is 4.83. The van der Waals surface area contributed by atoms with Crippen LogP contribution in [0.4, 0.5) is 0 Å². The van der Waals surface area contributed by atoms with Crippen LogP contribution in [0.15, 0.2) is 24.3 Å². The maximum Gasteiger partial charge on any atom is 0.344 e. The second kappa shape index (κ2) is 4.45. The van der Waals surface area contributed by atoms with Crippen molar-refractivity contribution in [2.75, 3.05) is 0 Å². The van der Waals surface area contributed by atoms with Gasteiger partial charge >= 0.3 is 5.97 Å². The van der Waals surface area contributed by atoms with Crippen LogP contribution in [-0.4, -0.2) is 17.2 Å². The Balaban J connectivity index is 2.74. The minimum absolute atomic E-state index is 0.609. The van der Waals surface area contributed by atoms with Crippen molar-refractivity contribution in [2.24, 2.45) is 0 Å². The number of aliphatic carboxylic acids is 1. The molecule has 0 bridgehead atoms. The highest BCUT2D eigenvalue weighted by Crippen LogP contribution is 2.20. The highest BCUT2D eigenvalue weighted by atomic mass is 127. The lowest BCUT2D eigenvalue weighted by atomic mass is 10.3. The molecule has 0 fully saturated rings. The van der Waals surface area contributed by atoms with E-state index in [2.05, 4.69) is 22.6 Å². The first-order chi connectivity index (χ1) is 6.11. The van der Waals surface area contributed by atoms with Crippen LogP contribution < -0.4 is 4.74 Å². The van der Waals surface area contributed by atoms with Crippen molar-refractivity contribution >= 4 is 28.6 Å². The number of ether oxygens (including phenoxy) is 1. The maximum absolute atomic E-state index is 10.5. The molecule has 0 aliphatic heterocycles. The Hall–Kier alpha value is -0.780. The molecule has 3 nitrogen and oxygen atoms in total. The molecular formula is C9H9IO3. The van der Waals surface area contributed by atoms with E-state index >= 15 is 0 Å². The number of halogens is 1. The molecule has 0 amide bonds. The summed E-state index contributed by atoms with van der Waals surface area (Å²) >= 11 is 2.10. The van der Waals surface area contributed by atoms with E-state index in [-0.39, 0.29) is 0 Å². The second-order valence-electron chi connectivity index (χ2n) is 2.53. The first kappa shape index (κ1) is 10.3. The van der Waals surface area contributed by atoms with Gasteiger partial charge in [-0.3, -0.25) is 0 Å². The van der Waals surface area contributed by atoms with Gasteiger partial charge in [-0.1, -0.05) is 12.1 Å². The summed E-state index contributed by atoms with van der Waals surface area (Å²) in [7, 11) is 0. The van der Waals surface area contributed by atoms with Gasteiger partial charge in [0.25, 0.3) is 0 Å². The molecule has 0 saturated heterocycles. The van der Waals surface area contributed by atoms with Gasteiger partial charge in [-0.25, -0.2) is 4.79 Å². The Morgan fingerprint density at radius 1 is 1.54 bits per heavy atom. The first-order valence-electron chi connectivity index (χ1n) is 3.75. The zero-order valence-corrected chi connectivity index (χ0v) is 9.19. The molecule has 1 unspecified atom stereocenters. The van der Waals surface area contributed by atoms with Gasteiger partial charge in [0, 0.05) is 0 Å². The lowest BCUT2D eigenvalue weighted by Crippen LogP contribution is -2.23. The van der Waals surface area contributed by atoms with Crippen molar-refractivity contribution in [3.05, 3.63) is 27.8 Å². The molecule has 0 spiro atoms. The zero-order chi connectivity index (χ0) is 9.84. The van der Waals surface area contributed by atoms with E-state index in [9.17, 15) is 4.79 Å². The Kier molecular flexibility index (Phi) is 3.53. The quantitative estimate of drug-likeness (QED) is 0.868. The SMILES string of the molecule is CC(Oc1ccccc1I)C(=O)O. The number of para-hydroxylation sites is 1. The molecule has 1 N–H and O–H groups in total. The average Bonchev–Trinajstić information content (AvgIpc) is 2.08. The smallest absolute Gasteiger partial charge is 0.344 e. The van der Waals surface area contributed by atoms with Crippen LogP contribution in [0.5, 0.6) is 5.75 Å². The number of carboxylic acid groups (broad SMARTS) is 1. The third-order valence-electron chi connectivity index (χ3n) is 1.49. The normalized spacial score (nSPS) is 12.2. The van der Waals surface area contributed by atoms with Gasteiger partial charge in [0.15, 0.2) is 6.10 Å². The van der Waals surface area contributed by atoms with Crippen molar-refractivity contribution in [3.8, 4) is 5.75 Å². The summed E-state index contributed by atoms with van der Waals surface area (Å²) in [6.45, 7) is 1.51. The highest BCUT2D eigenvalue weighted by Gasteiger charge is 2.13. The van der Waals surface area contributed by atoms with Crippen molar-refractivity contribution in [1.29, 1.82) is 0 Å². The summed E-state index contributed by atoms with van der Waals surface area (Å²) in [5.41, 5.74) is 0. The van der Waals surface area contributed by atoms with Crippen LogP contribution in [0.3, 0.4) is 0 Å². The number of hydrogen-bond acceptors (Lipinski definition) is 2. The summed E-state index contributed by atoms with van der Waals surface area (Å²) < 4.78 is 6.11. The molecule has 1 atom stereocenters. The molecule has 1 aromatic carbocycles. The fourth-order valence-corrected chi connectivity index (χ4v) is 1.30. The minimum atomic E-state index is -0.959. The molecule has 4 heteroatoms. The second-order valence-corrected chi connectivity index (χ2v) is 3.69. The zero-order valence-electron chi connectivity index (χ0n) is 7.03. The van der Waals surface area contributed by atoms with Crippen molar-refractivity contribution in [2.45, 2.75) is 13.0 Å². The Labute approximate surface area is 89.9 Å². The molecule has 1 rings (SSSR count). The third kappa shape index (κ3) is 2.87. The molecule has 0 saturated carbocycles. The topological polar surface area (TPSA) is 46.5 Å². The van der Waals surface area contributed by atoms with Crippen LogP contribution in [0.1, 0.15) is 6.92 Å². The summed E-state index contributed by atoms with van der Waals surface area (Å²) in [4.78, 5) is 10.5. The molecule has 70 valence electrons. The van der Waals surface area contributed by atoms with E-state index in [1.807, 2.05) is 18.2 Å². The Bertz CT molecular complexity index is 311.